The normalized spacial score (nSPS) is 10.2. The monoisotopic (exact) mass is 379 g/mol. The zero-order valence-electron chi connectivity index (χ0n) is 15.3. The number of anilines is 2. The molecule has 142 valence electrons. The van der Waals surface area contributed by atoms with E-state index in [1.54, 1.807) is 24.3 Å². The van der Waals surface area contributed by atoms with E-state index in [0.717, 1.165) is 6.42 Å². The largest absolute Gasteiger partial charge is 0.466 e. The maximum absolute atomic E-state index is 11.8. The maximum Gasteiger partial charge on any atom is 0.306 e. The highest BCUT2D eigenvalue weighted by Gasteiger charge is 2.10. The van der Waals surface area contributed by atoms with E-state index in [2.05, 4.69) is 16.0 Å². The van der Waals surface area contributed by atoms with Crippen molar-refractivity contribution in [1.82, 2.24) is 5.32 Å². The molecule has 0 heterocycles. The van der Waals surface area contributed by atoms with Crippen molar-refractivity contribution in [2.45, 2.75) is 40.0 Å². The van der Waals surface area contributed by atoms with Crippen LogP contribution >= 0.6 is 12.2 Å². The molecule has 0 aliphatic rings. The van der Waals surface area contributed by atoms with Crippen molar-refractivity contribution < 1.29 is 19.1 Å². The van der Waals surface area contributed by atoms with Crippen LogP contribution in [0, 0.1) is 5.92 Å². The van der Waals surface area contributed by atoms with Crippen molar-refractivity contribution in [3.8, 4) is 0 Å². The standard InChI is InChI=1S/C18H25N3O4S/c1-4-11-25-16(23)10-9-15(22)21-18(26)20-14-7-5-13(6-8-14)19-17(24)12(2)3/h5-8,12H,4,9-11H2,1-3H3,(H,19,24)(H2,20,21,22,26). The van der Waals surface area contributed by atoms with Gasteiger partial charge in [0.2, 0.25) is 11.8 Å². The molecule has 8 heteroatoms. The Balaban J connectivity index is 2.39. The summed E-state index contributed by atoms with van der Waals surface area (Å²) in [5.74, 6) is -0.933. The van der Waals surface area contributed by atoms with Crippen LogP contribution in [0.4, 0.5) is 11.4 Å². The number of benzene rings is 1. The average molecular weight is 379 g/mol. The molecule has 26 heavy (non-hydrogen) atoms. The van der Waals surface area contributed by atoms with Crippen LogP contribution in [0.15, 0.2) is 24.3 Å². The second-order valence-electron chi connectivity index (χ2n) is 5.94. The first kappa shape index (κ1) is 21.6. The van der Waals surface area contributed by atoms with Gasteiger partial charge in [0.05, 0.1) is 13.0 Å². The van der Waals surface area contributed by atoms with Gasteiger partial charge in [0.1, 0.15) is 0 Å². The molecule has 3 N–H and O–H groups in total. The van der Waals surface area contributed by atoms with Gasteiger partial charge in [-0.25, -0.2) is 0 Å². The second kappa shape index (κ2) is 11.2. The van der Waals surface area contributed by atoms with Gasteiger partial charge >= 0.3 is 5.97 Å². The van der Waals surface area contributed by atoms with Gasteiger partial charge in [0.15, 0.2) is 5.11 Å². The number of amides is 2. The molecular formula is C18H25N3O4S. The minimum absolute atomic E-state index is 0.00450. The summed E-state index contributed by atoms with van der Waals surface area (Å²) in [4.78, 5) is 34.8. The van der Waals surface area contributed by atoms with Crippen LogP contribution in [0.5, 0.6) is 0 Å². The number of nitrogens with one attached hydrogen (secondary N) is 3. The van der Waals surface area contributed by atoms with Crippen molar-refractivity contribution in [1.29, 1.82) is 0 Å². The lowest BCUT2D eigenvalue weighted by Crippen LogP contribution is -2.34. The Morgan fingerprint density at radius 3 is 2.15 bits per heavy atom. The van der Waals surface area contributed by atoms with Crippen molar-refractivity contribution in [2.24, 2.45) is 5.92 Å². The lowest BCUT2D eigenvalue weighted by atomic mass is 10.2. The number of esters is 1. The summed E-state index contributed by atoms with van der Waals surface area (Å²) < 4.78 is 4.90. The average Bonchev–Trinajstić information content (AvgIpc) is 2.59. The SMILES string of the molecule is CCCOC(=O)CCC(=O)NC(=S)Nc1ccc(NC(=O)C(C)C)cc1. The Morgan fingerprint density at radius 1 is 1.04 bits per heavy atom. The molecule has 0 atom stereocenters. The Bertz CT molecular complexity index is 644. The van der Waals surface area contributed by atoms with Crippen LogP contribution in [0.25, 0.3) is 0 Å². The van der Waals surface area contributed by atoms with Crippen LogP contribution in [0.1, 0.15) is 40.0 Å². The van der Waals surface area contributed by atoms with Gasteiger partial charge in [0, 0.05) is 23.7 Å². The molecule has 2 amide bonds. The highest BCUT2D eigenvalue weighted by atomic mass is 32.1. The predicted molar refractivity (Wildman–Crippen MR) is 105 cm³/mol. The molecule has 0 aliphatic carbocycles. The van der Waals surface area contributed by atoms with E-state index in [1.807, 2.05) is 20.8 Å². The first-order valence-corrected chi connectivity index (χ1v) is 8.90. The molecular weight excluding hydrogens is 354 g/mol. The van der Waals surface area contributed by atoms with Crippen LogP contribution in [0.2, 0.25) is 0 Å². The number of carbonyl (C=O) groups is 3. The fourth-order valence-corrected chi connectivity index (χ4v) is 2.01. The van der Waals surface area contributed by atoms with E-state index in [4.69, 9.17) is 17.0 Å². The molecule has 1 aromatic carbocycles. The Labute approximate surface area is 158 Å². The fraction of sp³-hybridized carbons (Fsp3) is 0.444. The van der Waals surface area contributed by atoms with Crippen molar-refractivity contribution in [3.63, 3.8) is 0 Å². The first-order chi connectivity index (χ1) is 12.3. The van der Waals surface area contributed by atoms with Gasteiger partial charge in [-0.3, -0.25) is 14.4 Å². The number of hydrogen-bond donors (Lipinski definition) is 3. The lowest BCUT2D eigenvalue weighted by Gasteiger charge is -2.11. The molecule has 0 bridgehead atoms. The summed E-state index contributed by atoms with van der Waals surface area (Å²) in [5.41, 5.74) is 1.34. The minimum Gasteiger partial charge on any atom is -0.466 e. The third-order valence-corrected chi connectivity index (χ3v) is 3.42. The summed E-state index contributed by atoms with van der Waals surface area (Å²) in [5, 5.41) is 8.29. The molecule has 0 aromatic heterocycles. The second-order valence-corrected chi connectivity index (χ2v) is 6.35. The molecule has 7 nitrogen and oxygen atoms in total. The van der Waals surface area contributed by atoms with E-state index >= 15 is 0 Å². The summed E-state index contributed by atoms with van der Waals surface area (Å²) in [6.45, 7) is 5.88. The Hall–Kier alpha value is -2.48. The zero-order chi connectivity index (χ0) is 19.5. The molecule has 0 fully saturated rings. The van der Waals surface area contributed by atoms with Crippen LogP contribution < -0.4 is 16.0 Å². The Kier molecular flexibility index (Phi) is 9.29. The predicted octanol–water partition coefficient (Wildman–Crippen LogP) is 2.83. The third-order valence-electron chi connectivity index (χ3n) is 3.21. The highest BCUT2D eigenvalue weighted by molar-refractivity contribution is 7.80. The van der Waals surface area contributed by atoms with Gasteiger partial charge in [-0.05, 0) is 42.9 Å². The molecule has 0 radical (unpaired) electrons. The van der Waals surface area contributed by atoms with E-state index in [9.17, 15) is 14.4 Å². The smallest absolute Gasteiger partial charge is 0.306 e. The quantitative estimate of drug-likeness (QED) is 0.475. The van der Waals surface area contributed by atoms with Crippen LogP contribution in [-0.4, -0.2) is 29.5 Å². The molecule has 1 aromatic rings. The van der Waals surface area contributed by atoms with Crippen molar-refractivity contribution in [2.75, 3.05) is 17.2 Å². The summed E-state index contributed by atoms with van der Waals surface area (Å²) in [7, 11) is 0. The maximum atomic E-state index is 11.8. The van der Waals surface area contributed by atoms with Crippen molar-refractivity contribution >= 4 is 46.5 Å². The minimum atomic E-state index is -0.403. The van der Waals surface area contributed by atoms with E-state index < -0.39 is 5.97 Å². The topological polar surface area (TPSA) is 96.5 Å². The first-order valence-electron chi connectivity index (χ1n) is 8.49. The highest BCUT2D eigenvalue weighted by Crippen LogP contribution is 2.14. The summed E-state index contributed by atoms with van der Waals surface area (Å²) in [6, 6.07) is 6.93. The lowest BCUT2D eigenvalue weighted by molar-refractivity contribution is -0.144. The molecule has 0 spiro atoms. The molecule has 0 saturated carbocycles. The molecule has 1 rings (SSSR count). The van der Waals surface area contributed by atoms with Gasteiger partial charge in [-0.1, -0.05) is 20.8 Å². The molecule has 0 aliphatic heterocycles. The molecule has 0 saturated heterocycles. The number of ether oxygens (including phenoxy) is 1. The molecule has 0 unspecified atom stereocenters. The van der Waals surface area contributed by atoms with Crippen molar-refractivity contribution in [3.05, 3.63) is 24.3 Å². The van der Waals surface area contributed by atoms with E-state index in [-0.39, 0.29) is 35.7 Å². The van der Waals surface area contributed by atoms with Gasteiger partial charge in [-0.15, -0.1) is 0 Å². The van der Waals surface area contributed by atoms with Gasteiger partial charge in [0.25, 0.3) is 0 Å². The van der Waals surface area contributed by atoms with E-state index in [1.165, 1.54) is 0 Å². The van der Waals surface area contributed by atoms with Crippen LogP contribution in [-0.2, 0) is 19.1 Å². The van der Waals surface area contributed by atoms with Gasteiger partial charge < -0.3 is 20.7 Å². The number of carbonyl (C=O) groups excluding carboxylic acids is 3. The van der Waals surface area contributed by atoms with Crippen LogP contribution in [0.3, 0.4) is 0 Å². The zero-order valence-corrected chi connectivity index (χ0v) is 16.1. The Morgan fingerprint density at radius 2 is 1.62 bits per heavy atom. The van der Waals surface area contributed by atoms with Gasteiger partial charge in [-0.2, -0.15) is 0 Å². The summed E-state index contributed by atoms with van der Waals surface area (Å²) in [6.07, 6.45) is 0.759. The number of hydrogen-bond acceptors (Lipinski definition) is 5. The number of thiocarbonyl (C=S) groups is 1. The number of rotatable bonds is 8. The van der Waals surface area contributed by atoms with E-state index in [0.29, 0.717) is 18.0 Å². The summed E-state index contributed by atoms with van der Waals surface area (Å²) >= 11 is 5.07. The third kappa shape index (κ3) is 8.57. The fourth-order valence-electron chi connectivity index (χ4n) is 1.78.